The van der Waals surface area contributed by atoms with Crippen LogP contribution in [0.1, 0.15) is 33.2 Å². The van der Waals surface area contributed by atoms with E-state index in [4.69, 9.17) is 0 Å². The number of imide groups is 1. The second kappa shape index (κ2) is 6.62. The lowest BCUT2D eigenvalue weighted by Gasteiger charge is -2.08. The number of amides is 2. The minimum atomic E-state index is -0.848. The van der Waals surface area contributed by atoms with Crippen molar-refractivity contribution >= 4 is 34.3 Å². The van der Waals surface area contributed by atoms with E-state index in [2.05, 4.69) is 10.3 Å². The number of carbonyl (C=O) groups is 3. The fraction of sp³-hybridized carbons (Fsp3) is 0.0476. The fourth-order valence-electron chi connectivity index (χ4n) is 3.18. The third-order valence-electron chi connectivity index (χ3n) is 4.41. The number of carbonyl (C=O) groups excluding carboxylic acids is 3. The molecule has 7 heteroatoms. The van der Waals surface area contributed by atoms with Crippen LogP contribution in [0.2, 0.25) is 0 Å². The number of imidazole rings is 1. The topological polar surface area (TPSA) is 101 Å². The molecular formula is C21H15N3O4. The second-order valence-electron chi connectivity index (χ2n) is 6.31. The van der Waals surface area contributed by atoms with Crippen molar-refractivity contribution in [2.45, 2.75) is 6.92 Å². The van der Waals surface area contributed by atoms with Gasteiger partial charge in [0.2, 0.25) is 5.91 Å². The van der Waals surface area contributed by atoms with Gasteiger partial charge in [-0.1, -0.05) is 42.5 Å². The van der Waals surface area contributed by atoms with Crippen molar-refractivity contribution in [1.29, 1.82) is 0 Å². The molecule has 2 aromatic heterocycles. The molecule has 2 N–H and O–H groups in total. The van der Waals surface area contributed by atoms with Gasteiger partial charge in [-0.25, -0.2) is 0 Å². The quantitative estimate of drug-likeness (QED) is 0.538. The lowest BCUT2D eigenvalue weighted by atomic mass is 10.0. The molecule has 2 aromatic carbocycles. The summed E-state index contributed by atoms with van der Waals surface area (Å²) in [6.07, 6.45) is 0. The number of para-hydroxylation sites is 2. The van der Waals surface area contributed by atoms with E-state index in [0.717, 1.165) is 0 Å². The highest BCUT2D eigenvalue weighted by molar-refractivity contribution is 6.15. The minimum absolute atomic E-state index is 0.163. The molecule has 4 aromatic rings. The van der Waals surface area contributed by atoms with Crippen molar-refractivity contribution in [3.05, 3.63) is 87.7 Å². The molecule has 138 valence electrons. The average molecular weight is 373 g/mol. The van der Waals surface area contributed by atoms with E-state index in [1.807, 2.05) is 0 Å². The van der Waals surface area contributed by atoms with E-state index in [-0.39, 0.29) is 16.9 Å². The van der Waals surface area contributed by atoms with E-state index in [0.29, 0.717) is 22.2 Å². The molecule has 0 saturated heterocycles. The Kier molecular flexibility index (Phi) is 4.12. The van der Waals surface area contributed by atoms with Crippen LogP contribution >= 0.6 is 0 Å². The van der Waals surface area contributed by atoms with Gasteiger partial charge >= 0.3 is 0 Å². The molecule has 0 spiro atoms. The Morgan fingerprint density at radius 3 is 2.32 bits per heavy atom. The number of pyridine rings is 1. The summed E-state index contributed by atoms with van der Waals surface area (Å²) < 4.78 is 1.29. The molecule has 0 fully saturated rings. The monoisotopic (exact) mass is 373 g/mol. The summed E-state index contributed by atoms with van der Waals surface area (Å²) >= 11 is 0. The van der Waals surface area contributed by atoms with Gasteiger partial charge in [-0.05, 0) is 18.2 Å². The van der Waals surface area contributed by atoms with Crippen molar-refractivity contribution < 1.29 is 14.4 Å². The maximum absolute atomic E-state index is 13.1. The van der Waals surface area contributed by atoms with E-state index in [1.165, 1.54) is 17.4 Å². The van der Waals surface area contributed by atoms with Gasteiger partial charge in [-0.15, -0.1) is 0 Å². The van der Waals surface area contributed by atoms with Gasteiger partial charge in [0, 0.05) is 12.5 Å². The summed E-state index contributed by atoms with van der Waals surface area (Å²) in [6.45, 7) is 1.18. The molecule has 0 aliphatic heterocycles. The van der Waals surface area contributed by atoms with Gasteiger partial charge in [0.05, 0.1) is 16.6 Å². The number of H-pyrrole nitrogens is 1. The van der Waals surface area contributed by atoms with E-state index in [9.17, 15) is 19.2 Å². The Morgan fingerprint density at radius 1 is 0.929 bits per heavy atom. The molecule has 0 aliphatic rings. The Bertz CT molecular complexity index is 1320. The maximum Gasteiger partial charge on any atom is 0.269 e. The summed E-state index contributed by atoms with van der Waals surface area (Å²) in [7, 11) is 0. The fourth-order valence-corrected chi connectivity index (χ4v) is 3.18. The second-order valence-corrected chi connectivity index (χ2v) is 6.31. The maximum atomic E-state index is 13.1. The summed E-state index contributed by atoms with van der Waals surface area (Å²) in [5.74, 6) is -1.79. The van der Waals surface area contributed by atoms with Gasteiger partial charge in [-0.2, -0.15) is 0 Å². The van der Waals surface area contributed by atoms with Gasteiger partial charge in [0.15, 0.2) is 5.78 Å². The highest BCUT2D eigenvalue weighted by Crippen LogP contribution is 2.21. The Hall–Kier alpha value is -4.00. The lowest BCUT2D eigenvalue weighted by molar-refractivity contribution is -0.118. The standard InChI is InChI=1S/C21H15N3O4/c1-12(25)22-20(27)15-11-14(18(26)13-7-3-2-4-8-13)19-23-16-9-5-6-10-17(16)24(19)21(15)28/h2-11,23H,1H3,(H,22,25,27). The molecule has 0 aliphatic carbocycles. The number of benzene rings is 2. The highest BCUT2D eigenvalue weighted by atomic mass is 16.2. The van der Waals surface area contributed by atoms with E-state index >= 15 is 0 Å². The van der Waals surface area contributed by atoms with Gasteiger partial charge in [0.25, 0.3) is 11.5 Å². The summed E-state index contributed by atoms with van der Waals surface area (Å²) in [5.41, 5.74) is 1.15. The zero-order valence-electron chi connectivity index (χ0n) is 14.9. The summed E-state index contributed by atoms with van der Waals surface area (Å²) in [5, 5.41) is 2.10. The molecule has 2 amide bonds. The highest BCUT2D eigenvalue weighted by Gasteiger charge is 2.23. The zero-order valence-corrected chi connectivity index (χ0v) is 14.9. The molecule has 0 atom stereocenters. The van der Waals surface area contributed by atoms with Crippen LogP contribution in [0.5, 0.6) is 0 Å². The summed E-state index contributed by atoms with van der Waals surface area (Å²) in [6, 6.07) is 16.8. The van der Waals surface area contributed by atoms with Crippen LogP contribution < -0.4 is 10.9 Å². The predicted octanol–water partition coefficient (Wildman–Crippen LogP) is 2.29. The first kappa shape index (κ1) is 17.4. The Morgan fingerprint density at radius 2 is 1.61 bits per heavy atom. The van der Waals surface area contributed by atoms with E-state index < -0.39 is 17.4 Å². The van der Waals surface area contributed by atoms with Crippen molar-refractivity contribution in [1.82, 2.24) is 14.7 Å². The third-order valence-corrected chi connectivity index (χ3v) is 4.41. The Labute approximate surface area is 158 Å². The normalized spacial score (nSPS) is 10.9. The van der Waals surface area contributed by atoms with Crippen LogP contribution in [0.15, 0.2) is 65.5 Å². The Balaban J connectivity index is 2.07. The molecular weight excluding hydrogens is 358 g/mol. The van der Waals surface area contributed by atoms with Gasteiger partial charge in [-0.3, -0.25) is 28.9 Å². The number of aromatic nitrogens is 2. The van der Waals surface area contributed by atoms with Gasteiger partial charge < -0.3 is 4.98 Å². The van der Waals surface area contributed by atoms with Crippen LogP contribution in [0.3, 0.4) is 0 Å². The first-order valence-electron chi connectivity index (χ1n) is 8.55. The molecule has 0 bridgehead atoms. The first-order valence-corrected chi connectivity index (χ1v) is 8.55. The smallest absolute Gasteiger partial charge is 0.269 e. The van der Waals surface area contributed by atoms with Crippen LogP contribution in [-0.4, -0.2) is 27.0 Å². The number of rotatable bonds is 3. The van der Waals surface area contributed by atoms with Crippen molar-refractivity contribution in [2.24, 2.45) is 0 Å². The number of ketones is 1. The largest absolute Gasteiger partial charge is 0.339 e. The molecule has 0 saturated carbocycles. The number of fused-ring (bicyclic) bond motifs is 3. The van der Waals surface area contributed by atoms with Crippen molar-refractivity contribution in [3.8, 4) is 0 Å². The molecule has 28 heavy (non-hydrogen) atoms. The molecule has 2 heterocycles. The molecule has 0 unspecified atom stereocenters. The SMILES string of the molecule is CC(=O)NC(=O)c1cc(C(=O)c2ccccc2)c2[nH]c3ccccc3n2c1=O. The number of hydrogen-bond acceptors (Lipinski definition) is 4. The molecule has 0 radical (unpaired) electrons. The number of nitrogens with zero attached hydrogens (tertiary/aromatic N) is 1. The third kappa shape index (κ3) is 2.79. The lowest BCUT2D eigenvalue weighted by Crippen LogP contribution is -2.34. The summed E-state index contributed by atoms with van der Waals surface area (Å²) in [4.78, 5) is 52.9. The zero-order chi connectivity index (χ0) is 19.8. The first-order chi connectivity index (χ1) is 13.5. The van der Waals surface area contributed by atoms with Crippen LogP contribution in [-0.2, 0) is 4.79 Å². The van der Waals surface area contributed by atoms with Crippen molar-refractivity contribution in [2.75, 3.05) is 0 Å². The van der Waals surface area contributed by atoms with Crippen LogP contribution in [0.25, 0.3) is 16.7 Å². The van der Waals surface area contributed by atoms with Crippen LogP contribution in [0.4, 0.5) is 0 Å². The molecule has 7 nitrogen and oxygen atoms in total. The average Bonchev–Trinajstić information content (AvgIpc) is 3.08. The minimum Gasteiger partial charge on any atom is -0.339 e. The van der Waals surface area contributed by atoms with Crippen LogP contribution in [0, 0.1) is 0 Å². The molecule has 4 rings (SSSR count). The van der Waals surface area contributed by atoms with Crippen molar-refractivity contribution in [3.63, 3.8) is 0 Å². The predicted molar refractivity (Wildman–Crippen MR) is 104 cm³/mol. The number of aromatic amines is 1. The van der Waals surface area contributed by atoms with Gasteiger partial charge in [0.1, 0.15) is 11.2 Å². The number of nitrogens with one attached hydrogen (secondary N) is 2. The van der Waals surface area contributed by atoms with E-state index in [1.54, 1.807) is 54.6 Å². The number of hydrogen-bond donors (Lipinski definition) is 2.